The number of ether oxygens (including phenoxy) is 3. The van der Waals surface area contributed by atoms with Crippen LogP contribution in [-0.4, -0.2) is 30.8 Å². The normalized spacial score (nSPS) is 25.0. The van der Waals surface area contributed by atoms with Crippen molar-refractivity contribution in [3.63, 3.8) is 0 Å². The molecule has 2 fully saturated rings. The van der Waals surface area contributed by atoms with Gasteiger partial charge in [0.05, 0.1) is 7.11 Å². The molecule has 1 saturated heterocycles. The number of methoxy groups -OCH3 is 1. The first kappa shape index (κ1) is 23.4. The summed E-state index contributed by atoms with van der Waals surface area (Å²) in [6.07, 6.45) is 7.66. The number of fused-ring (bicyclic) bond motifs is 3. The van der Waals surface area contributed by atoms with Crippen LogP contribution in [-0.2, 0) is 6.42 Å². The summed E-state index contributed by atoms with van der Waals surface area (Å²) < 4.78 is 23.6. The highest BCUT2D eigenvalue weighted by molar-refractivity contribution is 5.99. The molecule has 1 aliphatic carbocycles. The second-order valence-electron chi connectivity index (χ2n) is 11.1. The minimum atomic E-state index is -0.797. The van der Waals surface area contributed by atoms with Crippen LogP contribution < -0.4 is 19.5 Å². The molecule has 0 radical (unpaired) electrons. The third kappa shape index (κ3) is 4.47. The van der Waals surface area contributed by atoms with Gasteiger partial charge in [0.25, 0.3) is 0 Å². The maximum absolute atomic E-state index is 14.1. The van der Waals surface area contributed by atoms with Crippen LogP contribution >= 0.6 is 0 Å². The summed E-state index contributed by atoms with van der Waals surface area (Å²) in [7, 11) is 1.59. The SMILES string of the molecule is COc1cc(C(=O)C(Cc2cc3ccccc3o2)C[C@@H]2C[C@@H]3CCCC[C@@H]3N2)cc2c1OC(C)(C)O2. The molecule has 0 amide bonds. The third-order valence-corrected chi connectivity index (χ3v) is 8.04. The fourth-order valence-electron chi connectivity index (χ4n) is 6.43. The van der Waals surface area contributed by atoms with Gasteiger partial charge in [-0.1, -0.05) is 31.0 Å². The Balaban J connectivity index is 1.30. The van der Waals surface area contributed by atoms with E-state index in [0.29, 0.717) is 41.3 Å². The van der Waals surface area contributed by atoms with Gasteiger partial charge in [0.1, 0.15) is 11.3 Å². The summed E-state index contributed by atoms with van der Waals surface area (Å²) in [5, 5.41) is 4.93. The van der Waals surface area contributed by atoms with E-state index in [0.717, 1.165) is 35.5 Å². The Morgan fingerprint density at radius 3 is 2.78 bits per heavy atom. The van der Waals surface area contributed by atoms with E-state index in [-0.39, 0.29) is 11.7 Å². The number of hydrogen-bond acceptors (Lipinski definition) is 6. The molecule has 6 heteroatoms. The number of furan rings is 1. The van der Waals surface area contributed by atoms with Gasteiger partial charge in [-0.15, -0.1) is 0 Å². The first-order valence-electron chi connectivity index (χ1n) is 13.3. The number of ketones is 1. The molecule has 3 aliphatic rings. The Morgan fingerprint density at radius 2 is 1.97 bits per heavy atom. The maximum atomic E-state index is 14.1. The lowest BCUT2D eigenvalue weighted by atomic mass is 9.83. The summed E-state index contributed by atoms with van der Waals surface area (Å²) >= 11 is 0. The van der Waals surface area contributed by atoms with Crippen LogP contribution in [0.5, 0.6) is 17.2 Å². The maximum Gasteiger partial charge on any atom is 0.246 e. The van der Waals surface area contributed by atoms with Crippen LogP contribution in [0.2, 0.25) is 0 Å². The lowest BCUT2D eigenvalue weighted by Gasteiger charge is -2.24. The molecule has 4 atom stereocenters. The van der Waals surface area contributed by atoms with E-state index in [1.54, 1.807) is 13.2 Å². The summed E-state index contributed by atoms with van der Waals surface area (Å²) in [5.41, 5.74) is 1.44. The number of nitrogens with one attached hydrogen (secondary N) is 1. The van der Waals surface area contributed by atoms with E-state index in [9.17, 15) is 4.79 Å². The number of benzene rings is 2. The molecule has 190 valence electrons. The van der Waals surface area contributed by atoms with E-state index in [4.69, 9.17) is 18.6 Å². The van der Waals surface area contributed by atoms with Gasteiger partial charge in [0.2, 0.25) is 11.5 Å². The number of hydrogen-bond donors (Lipinski definition) is 1. The van der Waals surface area contributed by atoms with Crippen molar-refractivity contribution in [2.24, 2.45) is 11.8 Å². The molecule has 0 bridgehead atoms. The Morgan fingerprint density at radius 1 is 1.14 bits per heavy atom. The van der Waals surface area contributed by atoms with Gasteiger partial charge in [-0.3, -0.25) is 4.79 Å². The molecule has 1 aromatic heterocycles. The first-order valence-corrected chi connectivity index (χ1v) is 13.3. The average Bonchev–Trinajstić information content (AvgIpc) is 3.54. The first-order chi connectivity index (χ1) is 17.4. The van der Waals surface area contributed by atoms with Crippen LogP contribution in [0.1, 0.15) is 68.5 Å². The molecule has 2 aliphatic heterocycles. The number of para-hydroxylation sites is 1. The van der Waals surface area contributed by atoms with Gasteiger partial charge in [0.15, 0.2) is 17.3 Å². The van der Waals surface area contributed by atoms with Crippen molar-refractivity contribution < 1.29 is 23.4 Å². The minimum Gasteiger partial charge on any atom is -0.493 e. The molecule has 3 aromatic rings. The topological polar surface area (TPSA) is 69.9 Å². The molecule has 1 unspecified atom stereocenters. The molecule has 1 saturated carbocycles. The largest absolute Gasteiger partial charge is 0.493 e. The summed E-state index contributed by atoms with van der Waals surface area (Å²) in [4.78, 5) is 14.1. The van der Waals surface area contributed by atoms with Gasteiger partial charge < -0.3 is 23.9 Å². The molecule has 1 N–H and O–H groups in total. The van der Waals surface area contributed by atoms with Crippen LogP contribution in [0.3, 0.4) is 0 Å². The zero-order valence-electron chi connectivity index (χ0n) is 21.3. The predicted octanol–water partition coefficient (Wildman–Crippen LogP) is 6.30. The van der Waals surface area contributed by atoms with Gasteiger partial charge in [-0.25, -0.2) is 0 Å². The summed E-state index contributed by atoms with van der Waals surface area (Å²) in [6.45, 7) is 3.70. The van der Waals surface area contributed by atoms with Crippen molar-refractivity contribution in [1.29, 1.82) is 0 Å². The van der Waals surface area contributed by atoms with Crippen molar-refractivity contribution in [2.45, 2.75) is 76.7 Å². The van der Waals surface area contributed by atoms with E-state index in [2.05, 4.69) is 11.4 Å². The molecule has 6 nitrogen and oxygen atoms in total. The zero-order valence-corrected chi connectivity index (χ0v) is 21.3. The Hall–Kier alpha value is -2.99. The van der Waals surface area contributed by atoms with Crippen molar-refractivity contribution >= 4 is 16.8 Å². The number of Topliss-reactive ketones (excluding diaryl/α,β-unsaturated/α-hetero) is 1. The number of carbonyl (C=O) groups excluding carboxylic acids is 1. The molecule has 6 rings (SSSR count). The highest BCUT2D eigenvalue weighted by Gasteiger charge is 2.39. The fraction of sp³-hybridized carbons (Fsp3) is 0.500. The van der Waals surface area contributed by atoms with E-state index in [1.165, 1.54) is 25.7 Å². The van der Waals surface area contributed by atoms with E-state index in [1.807, 2.05) is 44.2 Å². The van der Waals surface area contributed by atoms with Gasteiger partial charge in [0, 0.05) is 49.2 Å². The lowest BCUT2D eigenvalue weighted by Crippen LogP contribution is -2.35. The highest BCUT2D eigenvalue weighted by atomic mass is 16.7. The zero-order chi connectivity index (χ0) is 24.9. The van der Waals surface area contributed by atoms with E-state index >= 15 is 0 Å². The lowest BCUT2D eigenvalue weighted by molar-refractivity contribution is -0.0439. The van der Waals surface area contributed by atoms with Crippen molar-refractivity contribution in [1.82, 2.24) is 5.32 Å². The number of carbonyl (C=O) groups is 1. The quantitative estimate of drug-likeness (QED) is 0.393. The smallest absolute Gasteiger partial charge is 0.246 e. The number of rotatable bonds is 7. The van der Waals surface area contributed by atoms with Crippen LogP contribution in [0.15, 0.2) is 46.9 Å². The van der Waals surface area contributed by atoms with Crippen LogP contribution in [0.4, 0.5) is 0 Å². The molecule has 36 heavy (non-hydrogen) atoms. The summed E-state index contributed by atoms with van der Waals surface area (Å²) in [5.74, 6) is 2.27. The predicted molar refractivity (Wildman–Crippen MR) is 138 cm³/mol. The van der Waals surface area contributed by atoms with Gasteiger partial charge >= 0.3 is 0 Å². The average molecular weight is 490 g/mol. The Bertz CT molecular complexity index is 1230. The standard InChI is InChI=1S/C30H35NO5/c1-30(2)35-27-17-21(16-26(33-3)29(27)36-30)28(32)20(13-22-12-18-8-4-6-10-24(18)31-22)15-23-14-19-9-5-7-11-25(19)34-23/h5,7,9,11,14,16-18,20,22,24,31H,4,6,8,10,12-13,15H2,1-3H3/t18-,20?,22-,24-/m0/s1. The molecule has 2 aromatic carbocycles. The van der Waals surface area contributed by atoms with Crippen LogP contribution in [0.25, 0.3) is 11.0 Å². The highest BCUT2D eigenvalue weighted by Crippen LogP contribution is 2.47. The Labute approximate surface area is 212 Å². The van der Waals surface area contributed by atoms with E-state index < -0.39 is 5.79 Å². The van der Waals surface area contributed by atoms with Crippen molar-refractivity contribution in [2.75, 3.05) is 7.11 Å². The monoisotopic (exact) mass is 489 g/mol. The molecule has 3 heterocycles. The van der Waals surface area contributed by atoms with Crippen molar-refractivity contribution in [3.8, 4) is 17.2 Å². The molecular weight excluding hydrogens is 454 g/mol. The third-order valence-electron chi connectivity index (χ3n) is 8.04. The molecule has 0 spiro atoms. The Kier molecular flexibility index (Phi) is 5.95. The molecular formula is C30H35NO5. The van der Waals surface area contributed by atoms with Crippen LogP contribution in [0, 0.1) is 11.8 Å². The summed E-state index contributed by atoms with van der Waals surface area (Å²) in [6, 6.07) is 14.6. The fourth-order valence-corrected chi connectivity index (χ4v) is 6.43. The second-order valence-corrected chi connectivity index (χ2v) is 11.1. The van der Waals surface area contributed by atoms with Gasteiger partial charge in [-0.05, 0) is 55.9 Å². The minimum absolute atomic E-state index is 0.0848. The van der Waals surface area contributed by atoms with Gasteiger partial charge in [-0.2, -0.15) is 0 Å². The van der Waals surface area contributed by atoms with Crippen molar-refractivity contribution in [3.05, 3.63) is 53.8 Å². The second kappa shape index (κ2) is 9.15.